The summed E-state index contributed by atoms with van der Waals surface area (Å²) >= 11 is 2.02. The Morgan fingerprint density at radius 2 is 1.83 bits per heavy atom. The number of hydrogen-bond donors (Lipinski definition) is 4. The first-order valence-corrected chi connectivity index (χ1v) is 9.37. The van der Waals surface area contributed by atoms with Gasteiger partial charge < -0.3 is 27.3 Å². The van der Waals surface area contributed by atoms with Gasteiger partial charge in [0.1, 0.15) is 23.0 Å². The lowest BCUT2D eigenvalue weighted by Crippen LogP contribution is -2.22. The summed E-state index contributed by atoms with van der Waals surface area (Å²) < 4.78 is 20.4. The molecule has 10 heteroatoms. The van der Waals surface area contributed by atoms with Gasteiger partial charge in [-0.2, -0.15) is 4.99 Å². The van der Waals surface area contributed by atoms with E-state index >= 15 is 0 Å². The Bertz CT molecular complexity index is 1070. The number of aromatic nitrogens is 1. The van der Waals surface area contributed by atoms with Crippen molar-refractivity contribution in [1.82, 2.24) is 4.98 Å². The lowest BCUT2D eigenvalue weighted by molar-refractivity contribution is 0.480. The summed E-state index contributed by atoms with van der Waals surface area (Å²) in [5.74, 6) is 0.939. The van der Waals surface area contributed by atoms with Crippen molar-refractivity contribution in [3.8, 4) is 11.5 Å². The Hall–Kier alpha value is -3.41. The first-order chi connectivity index (χ1) is 13.9. The van der Waals surface area contributed by atoms with Gasteiger partial charge in [-0.15, -0.1) is 0 Å². The molecular weight excluding hydrogens is 488 g/mol. The van der Waals surface area contributed by atoms with Crippen LogP contribution in [0.3, 0.4) is 0 Å². The number of anilines is 1. The molecule has 1 heterocycles. The minimum absolute atomic E-state index is 0.0468. The number of guanidine groups is 2. The van der Waals surface area contributed by atoms with E-state index in [0.29, 0.717) is 23.0 Å². The van der Waals surface area contributed by atoms with Crippen LogP contribution in [0.1, 0.15) is 0 Å². The van der Waals surface area contributed by atoms with E-state index in [2.05, 4.69) is 20.3 Å². The molecule has 1 aromatic heterocycles. The summed E-state index contributed by atoms with van der Waals surface area (Å²) in [6.07, 6.45) is 1.50. The van der Waals surface area contributed by atoms with Gasteiger partial charge in [-0.3, -0.25) is 0 Å². The molecule has 0 aliphatic heterocycles. The van der Waals surface area contributed by atoms with Gasteiger partial charge in [0.25, 0.3) is 0 Å². The highest BCUT2D eigenvalue weighted by molar-refractivity contribution is 14.1. The maximum absolute atomic E-state index is 13.9. The van der Waals surface area contributed by atoms with Gasteiger partial charge in [-0.25, -0.2) is 14.4 Å². The smallest absolute Gasteiger partial charge is 0.198 e. The van der Waals surface area contributed by atoms with E-state index < -0.39 is 5.82 Å². The fourth-order valence-corrected chi connectivity index (χ4v) is 2.74. The summed E-state index contributed by atoms with van der Waals surface area (Å²) in [6.45, 7) is 0. The second-order valence-corrected chi connectivity index (χ2v) is 6.98. The maximum Gasteiger partial charge on any atom is 0.198 e. The normalized spacial score (nSPS) is 11.0. The summed E-state index contributed by atoms with van der Waals surface area (Å²) in [5, 5.41) is 2.91. The van der Waals surface area contributed by atoms with Crippen LogP contribution >= 0.6 is 22.6 Å². The average Bonchev–Trinajstić information content (AvgIpc) is 2.65. The highest BCUT2D eigenvalue weighted by Gasteiger charge is 2.04. The van der Waals surface area contributed by atoms with Gasteiger partial charge in [0.2, 0.25) is 0 Å². The zero-order valence-corrected chi connectivity index (χ0v) is 17.2. The average molecular weight is 505 g/mol. The Kier molecular flexibility index (Phi) is 6.44. The molecule has 0 saturated heterocycles. The molecule has 0 radical (unpaired) electrons. The molecule has 0 saturated carbocycles. The second kappa shape index (κ2) is 9.19. The number of aliphatic imine (C=N–C) groups is 2. The maximum atomic E-state index is 13.9. The van der Waals surface area contributed by atoms with Crippen molar-refractivity contribution < 1.29 is 9.13 Å². The van der Waals surface area contributed by atoms with Gasteiger partial charge in [0.05, 0.1) is 6.20 Å². The number of hydrogen-bond acceptors (Lipinski definition) is 4. The number of rotatable bonds is 5. The molecule has 7 N–H and O–H groups in total. The van der Waals surface area contributed by atoms with Gasteiger partial charge in [-0.1, -0.05) is 6.07 Å². The predicted octanol–water partition coefficient (Wildman–Crippen LogP) is 3.58. The summed E-state index contributed by atoms with van der Waals surface area (Å²) in [4.78, 5) is 12.0. The van der Waals surface area contributed by atoms with Crippen LogP contribution in [0.2, 0.25) is 0 Å². The third-order valence-corrected chi connectivity index (χ3v) is 4.13. The third kappa shape index (κ3) is 6.04. The zero-order valence-electron chi connectivity index (χ0n) is 15.0. The van der Waals surface area contributed by atoms with Crippen LogP contribution in [0.4, 0.5) is 21.6 Å². The first kappa shape index (κ1) is 20.3. The molecule has 0 fully saturated rings. The van der Waals surface area contributed by atoms with Crippen LogP contribution in [0.15, 0.2) is 70.8 Å². The Balaban J connectivity index is 1.70. The SMILES string of the molecule is NC(N)=Nc1ccc(Oc2cccc(NC(N)=Nc3ccc(I)cc3F)c2)cn1. The molecule has 29 heavy (non-hydrogen) atoms. The molecular formula is C19H17FIN7O. The van der Waals surface area contributed by atoms with Crippen molar-refractivity contribution in [2.24, 2.45) is 27.2 Å². The van der Waals surface area contributed by atoms with E-state index in [1.807, 2.05) is 22.6 Å². The van der Waals surface area contributed by atoms with Crippen LogP contribution in [-0.2, 0) is 0 Å². The quantitative estimate of drug-likeness (QED) is 0.238. The van der Waals surface area contributed by atoms with E-state index in [4.69, 9.17) is 21.9 Å². The minimum atomic E-state index is -0.449. The predicted molar refractivity (Wildman–Crippen MR) is 120 cm³/mol. The van der Waals surface area contributed by atoms with Gasteiger partial charge in [0, 0.05) is 15.3 Å². The van der Waals surface area contributed by atoms with Crippen LogP contribution in [-0.4, -0.2) is 16.9 Å². The molecule has 0 aliphatic carbocycles. The van der Waals surface area contributed by atoms with E-state index in [1.54, 1.807) is 48.5 Å². The Morgan fingerprint density at radius 3 is 2.52 bits per heavy atom. The lowest BCUT2D eigenvalue weighted by atomic mass is 10.3. The molecule has 8 nitrogen and oxygen atoms in total. The second-order valence-electron chi connectivity index (χ2n) is 5.74. The summed E-state index contributed by atoms with van der Waals surface area (Å²) in [5.41, 5.74) is 17.3. The van der Waals surface area contributed by atoms with Gasteiger partial charge in [-0.05, 0) is 65.1 Å². The van der Waals surface area contributed by atoms with Crippen molar-refractivity contribution in [3.05, 3.63) is 70.2 Å². The Morgan fingerprint density at radius 1 is 1.00 bits per heavy atom. The monoisotopic (exact) mass is 505 g/mol. The van der Waals surface area contributed by atoms with Crippen molar-refractivity contribution >= 4 is 51.7 Å². The van der Waals surface area contributed by atoms with Gasteiger partial charge >= 0.3 is 0 Å². The number of benzene rings is 2. The van der Waals surface area contributed by atoms with Crippen molar-refractivity contribution in [3.63, 3.8) is 0 Å². The molecule has 0 amide bonds. The zero-order chi connectivity index (χ0) is 20.8. The molecule has 0 aliphatic rings. The van der Waals surface area contributed by atoms with Crippen LogP contribution in [0.5, 0.6) is 11.5 Å². The number of nitrogens with one attached hydrogen (secondary N) is 1. The van der Waals surface area contributed by atoms with E-state index in [9.17, 15) is 4.39 Å². The highest BCUT2D eigenvalue weighted by Crippen LogP contribution is 2.25. The minimum Gasteiger partial charge on any atom is -0.456 e. The summed E-state index contributed by atoms with van der Waals surface area (Å²) in [6, 6.07) is 15.0. The van der Waals surface area contributed by atoms with Crippen LogP contribution < -0.4 is 27.3 Å². The molecule has 148 valence electrons. The molecule has 0 bridgehead atoms. The van der Waals surface area contributed by atoms with Crippen LogP contribution in [0, 0.1) is 9.39 Å². The largest absolute Gasteiger partial charge is 0.456 e. The molecule has 0 atom stereocenters. The summed E-state index contributed by atoms with van der Waals surface area (Å²) in [7, 11) is 0. The molecule has 3 aromatic rings. The van der Waals surface area contributed by atoms with Crippen molar-refractivity contribution in [1.29, 1.82) is 0 Å². The number of ether oxygens (including phenoxy) is 1. The Labute approximate surface area is 179 Å². The third-order valence-electron chi connectivity index (χ3n) is 3.46. The molecule has 0 unspecified atom stereocenters. The topological polar surface area (TPSA) is 137 Å². The number of nitrogens with zero attached hydrogens (tertiary/aromatic N) is 3. The number of halogens is 2. The van der Waals surface area contributed by atoms with Gasteiger partial charge in [0.15, 0.2) is 17.7 Å². The first-order valence-electron chi connectivity index (χ1n) is 8.29. The fraction of sp³-hybridized carbons (Fsp3) is 0. The van der Waals surface area contributed by atoms with E-state index in [-0.39, 0.29) is 17.6 Å². The number of pyridine rings is 1. The van der Waals surface area contributed by atoms with E-state index in [1.165, 1.54) is 12.3 Å². The molecule has 2 aromatic carbocycles. The fourth-order valence-electron chi connectivity index (χ4n) is 2.28. The molecule has 3 rings (SSSR count). The van der Waals surface area contributed by atoms with Crippen molar-refractivity contribution in [2.75, 3.05) is 5.32 Å². The standard InChI is InChI=1S/C19H17FIN7O/c20-15-8-11(21)4-6-16(15)27-19(24)26-12-2-1-3-13(9-12)29-14-5-7-17(25-10-14)28-18(22)23/h1-10H,(H3,24,26,27)(H4,22,23,25,28). The van der Waals surface area contributed by atoms with E-state index in [0.717, 1.165) is 3.57 Å². The highest BCUT2D eigenvalue weighted by atomic mass is 127. The number of nitrogens with two attached hydrogens (primary N) is 3. The van der Waals surface area contributed by atoms with Crippen LogP contribution in [0.25, 0.3) is 0 Å². The molecule has 0 spiro atoms. The van der Waals surface area contributed by atoms with Crippen molar-refractivity contribution in [2.45, 2.75) is 0 Å². The lowest BCUT2D eigenvalue weighted by Gasteiger charge is -2.09.